The van der Waals surface area contributed by atoms with Crippen LogP contribution >= 0.6 is 11.3 Å². The maximum absolute atomic E-state index is 9.94. The zero-order chi connectivity index (χ0) is 25.9. The number of hydrogen-bond acceptors (Lipinski definition) is 11. The second kappa shape index (κ2) is 8.97. The number of anilines is 3. The van der Waals surface area contributed by atoms with E-state index >= 15 is 0 Å². The van der Waals surface area contributed by atoms with Crippen LogP contribution in [0, 0.1) is 11.3 Å². The van der Waals surface area contributed by atoms with Gasteiger partial charge in [-0.2, -0.15) is 5.26 Å². The van der Waals surface area contributed by atoms with E-state index in [0.717, 1.165) is 74.8 Å². The minimum Gasteiger partial charge on any atom is -0.394 e. The Morgan fingerprint density at radius 3 is 2.78 bits per heavy atom. The van der Waals surface area contributed by atoms with Crippen LogP contribution in [0.1, 0.15) is 72.8 Å². The molecule has 0 amide bonds. The predicted molar refractivity (Wildman–Crippen MR) is 144 cm³/mol. The Kier molecular flexibility index (Phi) is 5.86. The van der Waals surface area contributed by atoms with Crippen molar-refractivity contribution in [2.24, 2.45) is 5.84 Å². The van der Waals surface area contributed by atoms with Crippen LogP contribution in [-0.4, -0.2) is 45.7 Å². The molecular weight excluding hydrogens is 486 g/mol. The molecule has 1 fully saturated rings. The summed E-state index contributed by atoms with van der Waals surface area (Å²) in [6.07, 6.45) is 9.38. The van der Waals surface area contributed by atoms with Crippen molar-refractivity contribution in [3.8, 4) is 17.6 Å². The molecule has 10 nitrogen and oxygen atoms in total. The first-order valence-electron chi connectivity index (χ1n) is 13.0. The van der Waals surface area contributed by atoms with Gasteiger partial charge in [-0.15, -0.1) is 11.3 Å². The largest absolute Gasteiger partial charge is 0.394 e. The summed E-state index contributed by atoms with van der Waals surface area (Å²) in [7, 11) is 2.13. The molecule has 0 aromatic carbocycles. The fourth-order valence-corrected chi connectivity index (χ4v) is 8.00. The van der Waals surface area contributed by atoms with Crippen LogP contribution in [0.3, 0.4) is 0 Å². The Morgan fingerprint density at radius 1 is 1.27 bits per heavy atom. The smallest absolute Gasteiger partial charge is 0.184 e. The molecule has 2 aliphatic carbocycles. The molecular formula is C26H33N9OS. The molecule has 1 spiro atoms. The van der Waals surface area contributed by atoms with E-state index in [-0.39, 0.29) is 11.5 Å². The number of nitrogens with two attached hydrogens (primary N) is 3. The summed E-state index contributed by atoms with van der Waals surface area (Å²) >= 11 is 1.54. The molecule has 1 aliphatic heterocycles. The SMILES string of the molecule is CC(C1CCCN1C)N(N)c1nc(-c2noc3c2CCCC32CCCc3sc(N)c(C#N)c32)ncc1N. The summed E-state index contributed by atoms with van der Waals surface area (Å²) in [6, 6.07) is 2.73. The summed E-state index contributed by atoms with van der Waals surface area (Å²) in [5, 5.41) is 16.7. The number of likely N-dealkylation sites (N-methyl/N-ethyl adjacent to an activating group) is 1. The number of rotatable bonds is 4. The molecule has 3 atom stereocenters. The van der Waals surface area contributed by atoms with Gasteiger partial charge in [0.25, 0.3) is 0 Å². The summed E-state index contributed by atoms with van der Waals surface area (Å²) in [5.41, 5.74) is 15.9. The van der Waals surface area contributed by atoms with Gasteiger partial charge >= 0.3 is 0 Å². The van der Waals surface area contributed by atoms with Crippen LogP contribution in [0.5, 0.6) is 0 Å². The van der Waals surface area contributed by atoms with E-state index in [1.54, 1.807) is 11.2 Å². The van der Waals surface area contributed by atoms with Crippen molar-refractivity contribution in [3.63, 3.8) is 0 Å². The molecule has 194 valence electrons. The molecule has 3 aromatic heterocycles. The highest BCUT2D eigenvalue weighted by Gasteiger charge is 2.48. The average molecular weight is 520 g/mol. The van der Waals surface area contributed by atoms with Crippen LogP contribution in [0.25, 0.3) is 11.5 Å². The maximum atomic E-state index is 9.94. The number of aromatic nitrogens is 3. The number of hydrazine groups is 1. The summed E-state index contributed by atoms with van der Waals surface area (Å²) in [4.78, 5) is 12.9. The van der Waals surface area contributed by atoms with Gasteiger partial charge in [-0.25, -0.2) is 15.8 Å². The minimum absolute atomic E-state index is 0.0288. The highest BCUT2D eigenvalue weighted by atomic mass is 32.1. The Hall–Kier alpha value is -3.20. The third-order valence-corrected chi connectivity index (χ3v) is 9.76. The number of aryl methyl sites for hydroxylation is 1. The molecule has 0 bridgehead atoms. The maximum Gasteiger partial charge on any atom is 0.184 e. The molecule has 0 saturated carbocycles. The molecule has 1 saturated heterocycles. The lowest BCUT2D eigenvalue weighted by Crippen LogP contribution is -2.50. The minimum atomic E-state index is -0.385. The Bertz CT molecular complexity index is 1390. The van der Waals surface area contributed by atoms with E-state index in [9.17, 15) is 5.26 Å². The van der Waals surface area contributed by atoms with Crippen molar-refractivity contribution in [2.75, 3.05) is 30.1 Å². The van der Waals surface area contributed by atoms with Gasteiger partial charge in [0, 0.05) is 16.5 Å². The van der Waals surface area contributed by atoms with Gasteiger partial charge in [0.15, 0.2) is 23.1 Å². The lowest BCUT2D eigenvalue weighted by Gasteiger charge is -2.39. The number of thiophene rings is 1. The Balaban J connectivity index is 1.41. The van der Waals surface area contributed by atoms with Crippen LogP contribution in [0.15, 0.2) is 10.7 Å². The third-order valence-electron chi connectivity index (χ3n) is 8.68. The third kappa shape index (κ3) is 3.61. The van der Waals surface area contributed by atoms with Gasteiger partial charge in [-0.3, -0.25) is 5.01 Å². The topological polar surface area (TPSA) is 160 Å². The molecule has 3 aliphatic rings. The van der Waals surface area contributed by atoms with Crippen molar-refractivity contribution in [3.05, 3.63) is 33.5 Å². The molecule has 3 aromatic rings. The van der Waals surface area contributed by atoms with E-state index in [4.69, 9.17) is 26.8 Å². The normalized spacial score (nSPS) is 24.0. The molecule has 0 radical (unpaired) electrons. The Labute approximate surface area is 220 Å². The standard InChI is InChI=1S/C26H33N9OS/c1-14(18-7-5-11-34(18)2)35(30)25-17(28)13-31-24(32-25)21-15-6-3-9-26(22(15)36-33-21)10-4-8-19-20(26)16(12-27)23(29)37-19/h13-14,18H,3-11,28-30H2,1-2H3. The van der Waals surface area contributed by atoms with E-state index in [1.165, 1.54) is 16.2 Å². The van der Waals surface area contributed by atoms with Gasteiger partial charge in [-0.05, 0) is 77.4 Å². The average Bonchev–Trinajstić information content (AvgIpc) is 3.61. The second-order valence-corrected chi connectivity index (χ2v) is 11.8. The van der Waals surface area contributed by atoms with Crippen LogP contribution in [-0.2, 0) is 18.3 Å². The number of nitrogen functional groups attached to an aromatic ring is 2. The van der Waals surface area contributed by atoms with Gasteiger partial charge in [0.2, 0.25) is 0 Å². The highest BCUT2D eigenvalue weighted by molar-refractivity contribution is 7.16. The van der Waals surface area contributed by atoms with Crippen molar-refractivity contribution in [1.82, 2.24) is 20.0 Å². The van der Waals surface area contributed by atoms with E-state index in [2.05, 4.69) is 35.1 Å². The van der Waals surface area contributed by atoms with Crippen LogP contribution in [0.2, 0.25) is 0 Å². The summed E-state index contributed by atoms with van der Waals surface area (Å²) < 4.78 is 6.12. The van der Waals surface area contributed by atoms with E-state index in [1.807, 2.05) is 0 Å². The fourth-order valence-electron chi connectivity index (χ4n) is 6.84. The van der Waals surface area contributed by atoms with Gasteiger partial charge < -0.3 is 20.9 Å². The number of hydrogen-bond donors (Lipinski definition) is 3. The molecule has 37 heavy (non-hydrogen) atoms. The van der Waals surface area contributed by atoms with Crippen LogP contribution in [0.4, 0.5) is 16.5 Å². The molecule has 3 unspecified atom stereocenters. The van der Waals surface area contributed by atoms with Crippen molar-refractivity contribution < 1.29 is 4.52 Å². The predicted octanol–water partition coefficient (Wildman–Crippen LogP) is 3.35. The van der Waals surface area contributed by atoms with Crippen molar-refractivity contribution in [2.45, 2.75) is 75.8 Å². The number of likely N-dealkylation sites (tertiary alicyclic amines) is 1. The first kappa shape index (κ1) is 24.2. The number of fused-ring (bicyclic) bond motifs is 4. The van der Waals surface area contributed by atoms with Gasteiger partial charge in [0.05, 0.1) is 28.9 Å². The zero-order valence-electron chi connectivity index (χ0n) is 21.3. The monoisotopic (exact) mass is 519 g/mol. The number of nitrogens with zero attached hydrogens (tertiary/aromatic N) is 6. The number of nitriles is 1. The zero-order valence-corrected chi connectivity index (χ0v) is 22.1. The van der Waals surface area contributed by atoms with E-state index in [0.29, 0.717) is 39.6 Å². The van der Waals surface area contributed by atoms with Gasteiger partial charge in [-0.1, -0.05) is 5.16 Å². The molecule has 11 heteroatoms. The van der Waals surface area contributed by atoms with Crippen molar-refractivity contribution >= 4 is 27.8 Å². The summed E-state index contributed by atoms with van der Waals surface area (Å²) in [6.45, 7) is 3.17. The van der Waals surface area contributed by atoms with Crippen LogP contribution < -0.4 is 22.3 Å². The first-order valence-corrected chi connectivity index (χ1v) is 13.8. The lowest BCUT2D eigenvalue weighted by atomic mass is 9.63. The second-order valence-electron chi connectivity index (χ2n) is 10.7. The first-order chi connectivity index (χ1) is 17.9. The Morgan fingerprint density at radius 2 is 2.05 bits per heavy atom. The van der Waals surface area contributed by atoms with E-state index < -0.39 is 0 Å². The highest BCUT2D eigenvalue weighted by Crippen LogP contribution is 2.55. The van der Waals surface area contributed by atoms with Gasteiger partial charge in [0.1, 0.15) is 11.1 Å². The lowest BCUT2D eigenvalue weighted by molar-refractivity contribution is 0.265. The molecule has 6 rings (SSSR count). The summed E-state index contributed by atoms with van der Waals surface area (Å²) in [5.74, 6) is 8.37. The quantitative estimate of drug-likeness (QED) is 0.344. The molecule has 4 heterocycles. The fraction of sp³-hybridized carbons (Fsp3) is 0.538. The van der Waals surface area contributed by atoms with Crippen molar-refractivity contribution in [1.29, 1.82) is 5.26 Å². The molecule has 6 N–H and O–H groups in total.